The average molecular weight is 244 g/mol. The highest BCUT2D eigenvalue weighted by atomic mass is 16.2. The topological polar surface area (TPSA) is 32.3 Å². The number of nitrogens with one attached hydrogen (secondary N) is 1. The van der Waals surface area contributed by atoms with Crippen molar-refractivity contribution in [3.63, 3.8) is 0 Å². The van der Waals surface area contributed by atoms with Gasteiger partial charge in [-0.2, -0.15) is 0 Å². The standard InChI is InChI=1S/C15H20N2O/c1-10-8-17(9-11(10)2)15(18)13-3-4-14-12(7-13)5-6-16-14/h3-4,7,10-11,16H,5-6,8-9H2,1-2H3. The molecule has 1 N–H and O–H groups in total. The van der Waals surface area contributed by atoms with Gasteiger partial charge in [-0.1, -0.05) is 13.8 Å². The first kappa shape index (κ1) is 11.6. The summed E-state index contributed by atoms with van der Waals surface area (Å²) in [4.78, 5) is 14.4. The molecule has 2 aliphatic heterocycles. The van der Waals surface area contributed by atoms with Gasteiger partial charge in [0.1, 0.15) is 0 Å². The molecule has 2 aliphatic rings. The molecule has 0 bridgehead atoms. The van der Waals surface area contributed by atoms with Gasteiger partial charge in [-0.05, 0) is 42.0 Å². The van der Waals surface area contributed by atoms with E-state index < -0.39 is 0 Å². The van der Waals surface area contributed by atoms with E-state index in [-0.39, 0.29) is 5.91 Å². The lowest BCUT2D eigenvalue weighted by Crippen LogP contribution is -2.28. The van der Waals surface area contributed by atoms with Gasteiger partial charge in [-0.15, -0.1) is 0 Å². The van der Waals surface area contributed by atoms with Crippen molar-refractivity contribution in [1.29, 1.82) is 0 Å². The van der Waals surface area contributed by atoms with Gasteiger partial charge in [-0.25, -0.2) is 0 Å². The third-order valence-corrected chi connectivity index (χ3v) is 4.34. The normalized spacial score (nSPS) is 26.0. The molecule has 2 heterocycles. The van der Waals surface area contributed by atoms with Crippen LogP contribution in [0.4, 0.5) is 5.69 Å². The molecule has 2 atom stereocenters. The molecule has 3 nitrogen and oxygen atoms in total. The van der Waals surface area contributed by atoms with Gasteiger partial charge in [0.15, 0.2) is 0 Å². The van der Waals surface area contributed by atoms with Crippen LogP contribution in [0.1, 0.15) is 29.8 Å². The van der Waals surface area contributed by atoms with Crippen molar-refractivity contribution in [3.8, 4) is 0 Å². The molecule has 1 fully saturated rings. The summed E-state index contributed by atoms with van der Waals surface area (Å²) in [5.74, 6) is 1.43. The number of carbonyl (C=O) groups is 1. The maximum absolute atomic E-state index is 12.4. The second-order valence-corrected chi connectivity index (χ2v) is 5.71. The quantitative estimate of drug-likeness (QED) is 0.822. The molecule has 1 aromatic rings. The van der Waals surface area contributed by atoms with Crippen LogP contribution in [0.2, 0.25) is 0 Å². The number of amides is 1. The van der Waals surface area contributed by atoms with E-state index in [0.29, 0.717) is 11.8 Å². The van der Waals surface area contributed by atoms with E-state index in [2.05, 4.69) is 25.2 Å². The van der Waals surface area contributed by atoms with Crippen LogP contribution >= 0.6 is 0 Å². The zero-order chi connectivity index (χ0) is 12.7. The minimum atomic E-state index is 0.195. The summed E-state index contributed by atoms with van der Waals surface area (Å²) in [6.45, 7) is 7.24. The van der Waals surface area contributed by atoms with Crippen molar-refractivity contribution in [2.24, 2.45) is 11.8 Å². The fourth-order valence-corrected chi connectivity index (χ4v) is 2.92. The summed E-state index contributed by atoms with van der Waals surface area (Å²) >= 11 is 0. The number of carbonyl (C=O) groups excluding carboxylic acids is 1. The number of rotatable bonds is 1. The summed E-state index contributed by atoms with van der Waals surface area (Å²) in [7, 11) is 0. The lowest BCUT2D eigenvalue weighted by molar-refractivity contribution is 0.0785. The van der Waals surface area contributed by atoms with Crippen LogP contribution in [0.25, 0.3) is 0 Å². The molecule has 3 heteroatoms. The van der Waals surface area contributed by atoms with Gasteiger partial charge in [0, 0.05) is 30.9 Å². The first-order valence-electron chi connectivity index (χ1n) is 6.81. The first-order valence-corrected chi connectivity index (χ1v) is 6.81. The van der Waals surface area contributed by atoms with E-state index in [0.717, 1.165) is 31.6 Å². The highest BCUT2D eigenvalue weighted by Gasteiger charge is 2.30. The molecule has 18 heavy (non-hydrogen) atoms. The number of likely N-dealkylation sites (tertiary alicyclic amines) is 1. The maximum atomic E-state index is 12.4. The molecule has 0 aromatic heterocycles. The van der Waals surface area contributed by atoms with Crippen LogP contribution < -0.4 is 5.32 Å². The molecular weight excluding hydrogens is 224 g/mol. The van der Waals surface area contributed by atoms with Crippen LogP contribution in [0.3, 0.4) is 0 Å². The molecule has 0 saturated carbocycles. The summed E-state index contributed by atoms with van der Waals surface area (Å²) in [5, 5.41) is 3.32. The Bertz CT molecular complexity index is 473. The number of hydrogen-bond donors (Lipinski definition) is 1. The predicted octanol–water partition coefficient (Wildman–Crippen LogP) is 2.38. The van der Waals surface area contributed by atoms with Gasteiger partial charge in [0.2, 0.25) is 0 Å². The van der Waals surface area contributed by atoms with E-state index in [4.69, 9.17) is 0 Å². The molecule has 96 valence electrons. The van der Waals surface area contributed by atoms with Crippen LogP contribution in [-0.4, -0.2) is 30.4 Å². The van der Waals surface area contributed by atoms with E-state index in [1.807, 2.05) is 17.0 Å². The Balaban J connectivity index is 1.81. The fourth-order valence-electron chi connectivity index (χ4n) is 2.92. The van der Waals surface area contributed by atoms with Crippen molar-refractivity contribution in [2.75, 3.05) is 25.0 Å². The minimum Gasteiger partial charge on any atom is -0.384 e. The lowest BCUT2D eigenvalue weighted by Gasteiger charge is -2.16. The molecule has 1 amide bonds. The Morgan fingerprint density at radius 2 is 2.00 bits per heavy atom. The van der Waals surface area contributed by atoms with Crippen LogP contribution in [0.15, 0.2) is 18.2 Å². The Kier molecular flexibility index (Phi) is 2.77. The number of nitrogens with zero attached hydrogens (tertiary/aromatic N) is 1. The molecule has 1 saturated heterocycles. The zero-order valence-electron chi connectivity index (χ0n) is 11.1. The van der Waals surface area contributed by atoms with Gasteiger partial charge in [0.25, 0.3) is 5.91 Å². The fraction of sp³-hybridized carbons (Fsp3) is 0.533. The maximum Gasteiger partial charge on any atom is 0.253 e. The summed E-state index contributed by atoms with van der Waals surface area (Å²) in [6, 6.07) is 6.05. The predicted molar refractivity (Wildman–Crippen MR) is 72.9 cm³/mol. The lowest BCUT2D eigenvalue weighted by atomic mass is 10.0. The number of anilines is 1. The Hall–Kier alpha value is -1.51. The minimum absolute atomic E-state index is 0.195. The second kappa shape index (κ2) is 4.30. The smallest absolute Gasteiger partial charge is 0.253 e. The van der Waals surface area contributed by atoms with E-state index >= 15 is 0 Å². The van der Waals surface area contributed by atoms with E-state index in [1.165, 1.54) is 11.3 Å². The summed E-state index contributed by atoms with van der Waals surface area (Å²) in [5.41, 5.74) is 3.31. The Morgan fingerprint density at radius 3 is 2.72 bits per heavy atom. The van der Waals surface area contributed by atoms with Crippen LogP contribution in [0.5, 0.6) is 0 Å². The Labute approximate surface area is 108 Å². The van der Waals surface area contributed by atoms with Crippen molar-refractivity contribution in [2.45, 2.75) is 20.3 Å². The van der Waals surface area contributed by atoms with Gasteiger partial charge >= 0.3 is 0 Å². The van der Waals surface area contributed by atoms with Crippen molar-refractivity contribution in [1.82, 2.24) is 4.90 Å². The third-order valence-electron chi connectivity index (χ3n) is 4.34. The average Bonchev–Trinajstić information content (AvgIpc) is 2.95. The highest BCUT2D eigenvalue weighted by molar-refractivity contribution is 5.95. The summed E-state index contributed by atoms with van der Waals surface area (Å²) in [6.07, 6.45) is 1.03. The Morgan fingerprint density at radius 1 is 1.28 bits per heavy atom. The van der Waals surface area contributed by atoms with Crippen LogP contribution in [0, 0.1) is 11.8 Å². The number of hydrogen-bond acceptors (Lipinski definition) is 2. The van der Waals surface area contributed by atoms with Crippen LogP contribution in [-0.2, 0) is 6.42 Å². The monoisotopic (exact) mass is 244 g/mol. The number of fused-ring (bicyclic) bond motifs is 1. The van der Waals surface area contributed by atoms with Crippen molar-refractivity contribution < 1.29 is 4.79 Å². The van der Waals surface area contributed by atoms with Gasteiger partial charge in [-0.3, -0.25) is 4.79 Å². The van der Waals surface area contributed by atoms with Gasteiger partial charge < -0.3 is 10.2 Å². The van der Waals surface area contributed by atoms with Gasteiger partial charge in [0.05, 0.1) is 0 Å². The van der Waals surface area contributed by atoms with Crippen molar-refractivity contribution in [3.05, 3.63) is 29.3 Å². The SMILES string of the molecule is CC1CN(C(=O)c2ccc3c(c2)CCN3)CC1C. The zero-order valence-corrected chi connectivity index (χ0v) is 11.1. The second-order valence-electron chi connectivity index (χ2n) is 5.71. The molecule has 3 rings (SSSR count). The third kappa shape index (κ3) is 1.88. The highest BCUT2D eigenvalue weighted by Crippen LogP contribution is 2.27. The molecular formula is C15H20N2O. The molecule has 0 spiro atoms. The molecule has 0 radical (unpaired) electrons. The number of benzene rings is 1. The first-order chi connectivity index (χ1) is 8.65. The summed E-state index contributed by atoms with van der Waals surface area (Å²) < 4.78 is 0. The van der Waals surface area contributed by atoms with E-state index in [9.17, 15) is 4.79 Å². The van der Waals surface area contributed by atoms with Crippen molar-refractivity contribution >= 4 is 11.6 Å². The van der Waals surface area contributed by atoms with E-state index in [1.54, 1.807) is 0 Å². The molecule has 1 aromatic carbocycles. The largest absolute Gasteiger partial charge is 0.384 e. The molecule has 0 aliphatic carbocycles. The molecule has 2 unspecified atom stereocenters.